The Morgan fingerprint density at radius 2 is 2.00 bits per heavy atom. The summed E-state index contributed by atoms with van der Waals surface area (Å²) in [6.07, 6.45) is 1.52. The minimum absolute atomic E-state index is 0.0228. The summed E-state index contributed by atoms with van der Waals surface area (Å²) in [5.41, 5.74) is 0.375. The zero-order chi connectivity index (χ0) is 16.8. The number of pyridine rings is 1. The van der Waals surface area contributed by atoms with Crippen molar-refractivity contribution in [2.24, 2.45) is 7.05 Å². The summed E-state index contributed by atoms with van der Waals surface area (Å²) in [6, 6.07) is 9.08. The molecule has 2 rings (SSSR count). The van der Waals surface area contributed by atoms with E-state index in [1.54, 1.807) is 31.3 Å². The van der Waals surface area contributed by atoms with E-state index in [1.807, 2.05) is 0 Å². The Labute approximate surface area is 131 Å². The quantitative estimate of drug-likeness (QED) is 0.472. The summed E-state index contributed by atoms with van der Waals surface area (Å²) in [5.74, 6) is -0.368. The summed E-state index contributed by atoms with van der Waals surface area (Å²) in [7, 11) is 1.60. The van der Waals surface area contributed by atoms with Crippen LogP contribution in [0.15, 0.2) is 47.4 Å². The van der Waals surface area contributed by atoms with Gasteiger partial charge in [-0.3, -0.25) is 19.7 Å². The summed E-state index contributed by atoms with van der Waals surface area (Å²) in [5, 5.41) is 16.4. The highest BCUT2D eigenvalue weighted by molar-refractivity contribution is 5.93. The molecule has 2 aromatic rings. The van der Waals surface area contributed by atoms with Crippen molar-refractivity contribution in [3.05, 3.63) is 68.6 Å². The molecule has 0 fully saturated rings. The van der Waals surface area contributed by atoms with Gasteiger partial charge in [-0.05, 0) is 12.1 Å². The molecular weight excluding hydrogens is 300 g/mol. The largest absolute Gasteiger partial charge is 0.378 e. The molecule has 0 aliphatic rings. The molecule has 0 aliphatic heterocycles. The van der Waals surface area contributed by atoms with Crippen LogP contribution in [0.4, 0.5) is 11.4 Å². The third-order valence-electron chi connectivity index (χ3n) is 3.19. The lowest BCUT2D eigenvalue weighted by Crippen LogP contribution is -2.30. The van der Waals surface area contributed by atoms with Crippen LogP contribution in [0.2, 0.25) is 0 Å². The molecule has 2 N–H and O–H groups in total. The van der Waals surface area contributed by atoms with Crippen LogP contribution < -0.4 is 16.2 Å². The van der Waals surface area contributed by atoms with E-state index in [1.165, 1.54) is 22.9 Å². The average molecular weight is 316 g/mol. The Kier molecular flexibility index (Phi) is 5.08. The fourth-order valence-electron chi connectivity index (χ4n) is 1.95. The first-order valence-corrected chi connectivity index (χ1v) is 6.91. The van der Waals surface area contributed by atoms with Gasteiger partial charge in [0.15, 0.2) is 0 Å². The maximum atomic E-state index is 11.9. The van der Waals surface area contributed by atoms with Crippen LogP contribution >= 0.6 is 0 Å². The van der Waals surface area contributed by atoms with Gasteiger partial charge in [0.2, 0.25) is 0 Å². The Balaban J connectivity index is 1.88. The summed E-state index contributed by atoms with van der Waals surface area (Å²) in [6.45, 7) is 0.585. The lowest BCUT2D eigenvalue weighted by Gasteiger charge is -2.08. The highest BCUT2D eigenvalue weighted by atomic mass is 16.6. The van der Waals surface area contributed by atoms with Crippen LogP contribution in [-0.4, -0.2) is 28.5 Å². The van der Waals surface area contributed by atoms with E-state index >= 15 is 0 Å². The van der Waals surface area contributed by atoms with Crippen LogP contribution in [0.5, 0.6) is 0 Å². The third-order valence-corrected chi connectivity index (χ3v) is 3.19. The van der Waals surface area contributed by atoms with E-state index in [0.29, 0.717) is 12.2 Å². The number of carbonyl (C=O) groups is 1. The van der Waals surface area contributed by atoms with E-state index in [0.717, 1.165) is 0 Å². The van der Waals surface area contributed by atoms with Gasteiger partial charge in [-0.1, -0.05) is 12.1 Å². The minimum atomic E-state index is -0.472. The molecule has 1 aromatic heterocycles. The van der Waals surface area contributed by atoms with Crippen molar-refractivity contribution in [1.82, 2.24) is 9.88 Å². The van der Waals surface area contributed by atoms with Crippen molar-refractivity contribution in [2.75, 3.05) is 18.4 Å². The molecule has 1 heterocycles. The number of para-hydroxylation sites is 2. The molecule has 0 aliphatic carbocycles. The van der Waals surface area contributed by atoms with Gasteiger partial charge in [0.1, 0.15) is 5.69 Å². The molecule has 23 heavy (non-hydrogen) atoms. The number of amides is 1. The monoisotopic (exact) mass is 316 g/mol. The third kappa shape index (κ3) is 4.16. The maximum absolute atomic E-state index is 11.9. The molecule has 8 heteroatoms. The number of hydrogen-bond donors (Lipinski definition) is 2. The Hall–Kier alpha value is -3.16. The zero-order valence-corrected chi connectivity index (χ0v) is 12.5. The van der Waals surface area contributed by atoms with Crippen LogP contribution in [0.1, 0.15) is 10.4 Å². The van der Waals surface area contributed by atoms with E-state index in [-0.39, 0.29) is 29.3 Å². The summed E-state index contributed by atoms with van der Waals surface area (Å²) in [4.78, 5) is 33.8. The number of anilines is 1. The van der Waals surface area contributed by atoms with Gasteiger partial charge in [-0.25, -0.2) is 0 Å². The Morgan fingerprint density at radius 3 is 2.70 bits per heavy atom. The Morgan fingerprint density at radius 1 is 1.26 bits per heavy atom. The van der Waals surface area contributed by atoms with Gasteiger partial charge in [0.25, 0.3) is 17.2 Å². The molecule has 0 unspecified atom stereocenters. The second-order valence-corrected chi connectivity index (χ2v) is 4.82. The standard InChI is InChI=1S/C15H16N4O4/c1-18-9-6-11(10-14(18)20)15(21)17-8-7-16-12-4-2-3-5-13(12)19(22)23/h2-6,9-10,16H,7-8H2,1H3,(H,17,21). The first kappa shape index (κ1) is 16.2. The van der Waals surface area contributed by atoms with Crippen LogP contribution in [0.3, 0.4) is 0 Å². The molecule has 8 nitrogen and oxygen atoms in total. The van der Waals surface area contributed by atoms with Crippen molar-refractivity contribution in [1.29, 1.82) is 0 Å². The molecule has 1 aromatic carbocycles. The number of nitro groups is 1. The van der Waals surface area contributed by atoms with Crippen molar-refractivity contribution >= 4 is 17.3 Å². The normalized spacial score (nSPS) is 10.1. The van der Waals surface area contributed by atoms with Gasteiger partial charge in [0, 0.05) is 44.0 Å². The Bertz CT molecular complexity index is 785. The van der Waals surface area contributed by atoms with Crippen molar-refractivity contribution < 1.29 is 9.72 Å². The molecular formula is C15H16N4O4. The topological polar surface area (TPSA) is 106 Å². The number of nitro benzene ring substituents is 1. The van der Waals surface area contributed by atoms with Gasteiger partial charge in [-0.2, -0.15) is 0 Å². The van der Waals surface area contributed by atoms with Crippen molar-refractivity contribution in [2.45, 2.75) is 0 Å². The highest BCUT2D eigenvalue weighted by Crippen LogP contribution is 2.22. The number of aryl methyl sites for hydroxylation is 1. The first-order valence-electron chi connectivity index (χ1n) is 6.91. The predicted octanol–water partition coefficient (Wildman–Crippen LogP) is 1.14. The van der Waals surface area contributed by atoms with Gasteiger partial charge >= 0.3 is 0 Å². The van der Waals surface area contributed by atoms with Crippen LogP contribution in [0.25, 0.3) is 0 Å². The molecule has 0 atom stereocenters. The minimum Gasteiger partial charge on any atom is -0.378 e. The van der Waals surface area contributed by atoms with Gasteiger partial charge < -0.3 is 15.2 Å². The van der Waals surface area contributed by atoms with E-state index in [9.17, 15) is 19.7 Å². The maximum Gasteiger partial charge on any atom is 0.292 e. The fourth-order valence-corrected chi connectivity index (χ4v) is 1.95. The van der Waals surface area contributed by atoms with E-state index < -0.39 is 4.92 Å². The smallest absolute Gasteiger partial charge is 0.292 e. The van der Waals surface area contributed by atoms with Crippen LogP contribution in [-0.2, 0) is 7.05 Å². The van der Waals surface area contributed by atoms with Gasteiger partial charge in [-0.15, -0.1) is 0 Å². The van der Waals surface area contributed by atoms with E-state index in [4.69, 9.17) is 0 Å². The summed E-state index contributed by atoms with van der Waals surface area (Å²) >= 11 is 0. The lowest BCUT2D eigenvalue weighted by molar-refractivity contribution is -0.384. The molecule has 0 radical (unpaired) electrons. The highest BCUT2D eigenvalue weighted by Gasteiger charge is 2.11. The average Bonchev–Trinajstić information content (AvgIpc) is 2.54. The lowest BCUT2D eigenvalue weighted by atomic mass is 10.2. The summed E-state index contributed by atoms with van der Waals surface area (Å²) < 4.78 is 1.37. The van der Waals surface area contributed by atoms with Crippen LogP contribution in [0, 0.1) is 10.1 Å². The van der Waals surface area contributed by atoms with Crippen molar-refractivity contribution in [3.8, 4) is 0 Å². The predicted molar refractivity (Wildman–Crippen MR) is 85.6 cm³/mol. The van der Waals surface area contributed by atoms with E-state index in [2.05, 4.69) is 10.6 Å². The number of nitrogens with one attached hydrogen (secondary N) is 2. The molecule has 0 bridgehead atoms. The molecule has 1 amide bonds. The fraction of sp³-hybridized carbons (Fsp3) is 0.200. The number of carbonyl (C=O) groups excluding carboxylic acids is 1. The number of rotatable bonds is 6. The molecule has 0 spiro atoms. The van der Waals surface area contributed by atoms with Crippen molar-refractivity contribution in [3.63, 3.8) is 0 Å². The zero-order valence-electron chi connectivity index (χ0n) is 12.5. The second kappa shape index (κ2) is 7.21. The molecule has 0 saturated carbocycles. The number of aromatic nitrogens is 1. The van der Waals surface area contributed by atoms with Gasteiger partial charge in [0.05, 0.1) is 4.92 Å². The molecule has 120 valence electrons. The molecule has 0 saturated heterocycles. The SMILES string of the molecule is Cn1ccc(C(=O)NCCNc2ccccc2[N+](=O)[O-])cc1=O. The second-order valence-electron chi connectivity index (χ2n) is 4.82. The first-order chi connectivity index (χ1) is 11.0. The number of benzene rings is 1. The number of hydrogen-bond acceptors (Lipinski definition) is 5. The number of nitrogens with zero attached hydrogens (tertiary/aromatic N) is 2.